The molecule has 0 spiro atoms. The lowest BCUT2D eigenvalue weighted by Gasteiger charge is -2.28. The van der Waals surface area contributed by atoms with Gasteiger partial charge in [0.2, 0.25) is 0 Å². The summed E-state index contributed by atoms with van der Waals surface area (Å²) in [4.78, 5) is 39.2. The molecule has 1 aliphatic rings. The zero-order valence-corrected chi connectivity index (χ0v) is 16.0. The number of benzene rings is 2. The molecule has 0 N–H and O–H groups in total. The van der Waals surface area contributed by atoms with Crippen LogP contribution in [0.3, 0.4) is 0 Å². The average Bonchev–Trinajstić information content (AvgIpc) is 3.15. The fourth-order valence-corrected chi connectivity index (χ4v) is 3.91. The first-order valence-electron chi connectivity index (χ1n) is 8.53. The molecule has 140 valence electrons. The number of hydrogen-bond acceptors (Lipinski definition) is 5. The number of imide groups is 2. The van der Waals surface area contributed by atoms with Crippen molar-refractivity contribution in [1.29, 1.82) is 0 Å². The van der Waals surface area contributed by atoms with Gasteiger partial charge in [-0.25, -0.2) is 4.79 Å². The van der Waals surface area contributed by atoms with Crippen LogP contribution in [0.1, 0.15) is 5.76 Å². The highest BCUT2D eigenvalue weighted by molar-refractivity contribution is 7.99. The monoisotopic (exact) mass is 392 g/mol. The van der Waals surface area contributed by atoms with Crippen molar-refractivity contribution in [3.05, 3.63) is 65.9 Å². The van der Waals surface area contributed by atoms with Crippen LogP contribution in [0.25, 0.3) is 16.8 Å². The zero-order valence-electron chi connectivity index (χ0n) is 15.2. The van der Waals surface area contributed by atoms with Gasteiger partial charge in [-0.3, -0.25) is 19.4 Å². The van der Waals surface area contributed by atoms with Gasteiger partial charge in [-0.2, -0.15) is 0 Å². The van der Waals surface area contributed by atoms with Gasteiger partial charge < -0.3 is 4.42 Å². The molecule has 0 atom stereocenters. The van der Waals surface area contributed by atoms with E-state index in [0.717, 1.165) is 25.5 Å². The molecule has 0 saturated carbocycles. The molecule has 7 heteroatoms. The van der Waals surface area contributed by atoms with Crippen LogP contribution in [-0.2, 0) is 9.59 Å². The van der Waals surface area contributed by atoms with Gasteiger partial charge in [0.05, 0.1) is 0 Å². The summed E-state index contributed by atoms with van der Waals surface area (Å²) in [7, 11) is 2.68. The number of nitrogens with zero attached hydrogens (tertiary/aromatic N) is 2. The van der Waals surface area contributed by atoms with Gasteiger partial charge in [-0.1, -0.05) is 48.2 Å². The van der Waals surface area contributed by atoms with Crippen LogP contribution in [0, 0.1) is 0 Å². The second-order valence-electron chi connectivity index (χ2n) is 6.31. The molecule has 0 aliphatic carbocycles. The van der Waals surface area contributed by atoms with E-state index in [-0.39, 0.29) is 5.57 Å². The fraction of sp³-hybridized carbons (Fsp3) is 0.0952. The van der Waals surface area contributed by atoms with Gasteiger partial charge >= 0.3 is 6.03 Å². The summed E-state index contributed by atoms with van der Waals surface area (Å²) in [5, 5.41) is 2.89. The highest BCUT2D eigenvalue weighted by atomic mass is 32.2. The van der Waals surface area contributed by atoms with Gasteiger partial charge in [0.1, 0.15) is 11.3 Å². The van der Waals surface area contributed by atoms with Crippen LogP contribution in [0.5, 0.6) is 0 Å². The highest BCUT2D eigenvalue weighted by Crippen LogP contribution is 2.35. The smallest absolute Gasteiger partial charge is 0.333 e. The standard InChI is InChI=1S/C21H16N2O4S/c1-22-19(24)16(20(25)23(2)21(22)26)12-14-10-11-18(27-14)28-17-9-5-7-13-6-3-4-8-15(13)17/h3-12H,1-2H3. The molecular formula is C21H16N2O4S. The lowest BCUT2D eigenvalue weighted by atomic mass is 10.1. The first kappa shape index (κ1) is 18.1. The molecule has 0 unspecified atom stereocenters. The Kier molecular flexibility index (Phi) is 4.52. The topological polar surface area (TPSA) is 70.8 Å². The Hall–Kier alpha value is -3.32. The van der Waals surface area contributed by atoms with Gasteiger partial charge in [-0.05, 0) is 35.0 Å². The van der Waals surface area contributed by atoms with E-state index in [9.17, 15) is 14.4 Å². The maximum Gasteiger partial charge on any atom is 0.333 e. The maximum atomic E-state index is 12.3. The quantitative estimate of drug-likeness (QED) is 0.497. The minimum absolute atomic E-state index is 0.110. The fourth-order valence-electron chi connectivity index (χ4n) is 2.98. The third-order valence-corrected chi connectivity index (χ3v) is 5.49. The second-order valence-corrected chi connectivity index (χ2v) is 7.35. The summed E-state index contributed by atoms with van der Waals surface area (Å²) < 4.78 is 5.79. The minimum Gasteiger partial charge on any atom is -0.450 e. The van der Waals surface area contributed by atoms with Crippen molar-refractivity contribution < 1.29 is 18.8 Å². The van der Waals surface area contributed by atoms with Gasteiger partial charge in [0.15, 0.2) is 5.09 Å². The predicted octanol–water partition coefficient (Wildman–Crippen LogP) is 4.02. The average molecular weight is 392 g/mol. The second kappa shape index (κ2) is 7.01. The molecule has 4 rings (SSSR count). The summed E-state index contributed by atoms with van der Waals surface area (Å²) in [6.45, 7) is 0. The minimum atomic E-state index is -0.654. The molecule has 28 heavy (non-hydrogen) atoms. The maximum absolute atomic E-state index is 12.3. The van der Waals surface area contributed by atoms with E-state index in [4.69, 9.17) is 4.42 Å². The Labute approximate surface area is 165 Å². The summed E-state index contributed by atoms with van der Waals surface area (Å²) in [5.74, 6) is -0.920. The number of fused-ring (bicyclic) bond motifs is 1. The van der Waals surface area contributed by atoms with Crippen molar-refractivity contribution in [1.82, 2.24) is 9.80 Å². The molecule has 2 heterocycles. The molecule has 6 nitrogen and oxygen atoms in total. The first-order chi connectivity index (χ1) is 13.5. The van der Waals surface area contributed by atoms with E-state index in [1.165, 1.54) is 31.9 Å². The van der Waals surface area contributed by atoms with E-state index in [0.29, 0.717) is 10.9 Å². The molecule has 4 amide bonds. The lowest BCUT2D eigenvalue weighted by molar-refractivity contribution is -0.134. The third kappa shape index (κ3) is 3.10. The van der Waals surface area contributed by atoms with E-state index >= 15 is 0 Å². The number of carbonyl (C=O) groups excluding carboxylic acids is 3. The number of rotatable bonds is 3. The molecule has 0 bridgehead atoms. The Morgan fingerprint density at radius 3 is 2.29 bits per heavy atom. The Morgan fingerprint density at radius 2 is 1.54 bits per heavy atom. The largest absolute Gasteiger partial charge is 0.450 e. The normalized spacial score (nSPS) is 14.9. The van der Waals surface area contributed by atoms with Crippen LogP contribution in [0.2, 0.25) is 0 Å². The van der Waals surface area contributed by atoms with Crippen LogP contribution >= 0.6 is 11.8 Å². The number of likely N-dealkylation sites (N-methyl/N-ethyl adjacent to an activating group) is 2. The van der Waals surface area contributed by atoms with Gasteiger partial charge in [0.25, 0.3) is 11.8 Å². The molecule has 2 aromatic carbocycles. The van der Waals surface area contributed by atoms with Crippen LogP contribution < -0.4 is 0 Å². The SMILES string of the molecule is CN1C(=O)C(=Cc2ccc(Sc3cccc4ccccc34)o2)C(=O)N(C)C1=O. The highest BCUT2D eigenvalue weighted by Gasteiger charge is 2.38. The van der Waals surface area contributed by atoms with Gasteiger partial charge in [0, 0.05) is 19.0 Å². The van der Waals surface area contributed by atoms with Gasteiger partial charge in [-0.15, -0.1) is 0 Å². The van der Waals surface area contributed by atoms with Crippen LogP contribution in [0.4, 0.5) is 4.79 Å². The number of furan rings is 1. The number of amides is 4. The molecule has 1 aliphatic heterocycles. The van der Waals surface area contributed by atoms with Crippen LogP contribution in [0.15, 0.2) is 74.6 Å². The Morgan fingerprint density at radius 1 is 0.857 bits per heavy atom. The molecule has 0 radical (unpaired) electrons. The van der Waals surface area contributed by atoms with Crippen molar-refractivity contribution in [2.24, 2.45) is 0 Å². The number of hydrogen-bond donors (Lipinski definition) is 0. The molecular weight excluding hydrogens is 376 g/mol. The van der Waals surface area contributed by atoms with Crippen molar-refractivity contribution in [2.45, 2.75) is 9.99 Å². The summed E-state index contributed by atoms with van der Waals surface area (Å²) in [6.07, 6.45) is 1.37. The predicted molar refractivity (Wildman–Crippen MR) is 106 cm³/mol. The number of urea groups is 1. The molecule has 1 saturated heterocycles. The number of carbonyl (C=O) groups is 3. The first-order valence-corrected chi connectivity index (χ1v) is 9.34. The summed E-state index contributed by atoms with van der Waals surface area (Å²) in [5.41, 5.74) is -0.110. The lowest BCUT2D eigenvalue weighted by Crippen LogP contribution is -2.52. The molecule has 1 aromatic heterocycles. The summed E-state index contributed by atoms with van der Waals surface area (Å²) in [6, 6.07) is 16.9. The Balaban J connectivity index is 1.63. The van der Waals surface area contributed by atoms with E-state index < -0.39 is 17.8 Å². The van der Waals surface area contributed by atoms with Crippen molar-refractivity contribution >= 4 is 46.5 Å². The molecule has 1 fully saturated rings. The van der Waals surface area contributed by atoms with Crippen molar-refractivity contribution in [3.8, 4) is 0 Å². The Bertz CT molecular complexity index is 1120. The van der Waals surface area contributed by atoms with Crippen molar-refractivity contribution in [3.63, 3.8) is 0 Å². The van der Waals surface area contributed by atoms with E-state index in [1.54, 1.807) is 12.1 Å². The zero-order chi connectivity index (χ0) is 19.8. The van der Waals surface area contributed by atoms with Crippen LogP contribution in [-0.4, -0.2) is 41.7 Å². The van der Waals surface area contributed by atoms with E-state index in [1.807, 2.05) is 42.5 Å². The van der Waals surface area contributed by atoms with Crippen molar-refractivity contribution in [2.75, 3.05) is 14.1 Å². The molecule has 3 aromatic rings. The summed E-state index contributed by atoms with van der Waals surface area (Å²) >= 11 is 1.46. The third-order valence-electron chi connectivity index (χ3n) is 4.49. The number of barbiturate groups is 1. The van der Waals surface area contributed by atoms with E-state index in [2.05, 4.69) is 0 Å².